The van der Waals surface area contributed by atoms with Crippen LogP contribution >= 0.6 is 0 Å². The second-order valence-corrected chi connectivity index (χ2v) is 15.7. The summed E-state index contributed by atoms with van der Waals surface area (Å²) in [4.78, 5) is 30.9. The van der Waals surface area contributed by atoms with E-state index in [0.29, 0.717) is 37.9 Å². The van der Waals surface area contributed by atoms with E-state index < -0.39 is 17.8 Å². The van der Waals surface area contributed by atoms with Crippen LogP contribution in [-0.2, 0) is 20.8 Å². The summed E-state index contributed by atoms with van der Waals surface area (Å²) in [6, 6.07) is 0.623. The highest BCUT2D eigenvalue weighted by Gasteiger charge is 2.37. The first-order chi connectivity index (χ1) is 23.5. The van der Waals surface area contributed by atoms with Crippen LogP contribution in [0.4, 0.5) is 4.79 Å². The van der Waals surface area contributed by atoms with Gasteiger partial charge in [0, 0.05) is 63.2 Å². The molecule has 0 unspecified atom stereocenters. The molecule has 2 aliphatic heterocycles. The third kappa shape index (κ3) is 11.0. The molecule has 10 nitrogen and oxygen atoms in total. The zero-order valence-corrected chi connectivity index (χ0v) is 30.6. The maximum atomic E-state index is 13.5. The summed E-state index contributed by atoms with van der Waals surface area (Å²) >= 11 is 0. The van der Waals surface area contributed by atoms with Crippen molar-refractivity contribution < 1.29 is 24.2 Å². The van der Waals surface area contributed by atoms with Gasteiger partial charge < -0.3 is 19.5 Å². The van der Waals surface area contributed by atoms with E-state index in [2.05, 4.69) is 34.4 Å². The average molecular weight is 680 g/mol. The summed E-state index contributed by atoms with van der Waals surface area (Å²) in [5.74, 6) is 0.382. The first-order valence-corrected chi connectivity index (χ1v) is 19.0. The molecule has 0 aromatic carbocycles. The third-order valence-electron chi connectivity index (χ3n) is 11.0. The topological polar surface area (TPSA) is 110 Å². The van der Waals surface area contributed by atoms with Crippen LogP contribution in [0.25, 0.3) is 0 Å². The Kier molecular flexibility index (Phi) is 13.2. The Balaban J connectivity index is 1.23. The Hall–Kier alpha value is -2.98. The number of esters is 1. The van der Waals surface area contributed by atoms with Crippen LogP contribution in [0, 0.1) is 17.8 Å². The molecular weight excluding hydrogens is 618 g/mol. The zero-order valence-electron chi connectivity index (χ0n) is 30.6. The molecule has 0 radical (unpaired) electrons. The summed E-state index contributed by atoms with van der Waals surface area (Å²) < 4.78 is 14.1. The van der Waals surface area contributed by atoms with Crippen molar-refractivity contribution in [1.29, 1.82) is 0 Å². The van der Waals surface area contributed by atoms with Gasteiger partial charge in [0.25, 0.3) is 0 Å². The van der Waals surface area contributed by atoms with Gasteiger partial charge in [0.05, 0.1) is 5.69 Å². The molecule has 49 heavy (non-hydrogen) atoms. The predicted octanol–water partition coefficient (Wildman–Crippen LogP) is 6.81. The van der Waals surface area contributed by atoms with E-state index in [1.165, 1.54) is 51.4 Å². The van der Waals surface area contributed by atoms with Crippen molar-refractivity contribution in [2.24, 2.45) is 17.8 Å². The summed E-state index contributed by atoms with van der Waals surface area (Å²) in [7, 11) is 0. The maximum absolute atomic E-state index is 13.5. The number of carbonyl (C=O) groups excluding carboxylic acids is 2. The second kappa shape index (κ2) is 17.3. The Labute approximate surface area is 294 Å². The number of nitrogens with zero attached hydrogens (tertiary/aromatic N) is 5. The minimum atomic E-state index is -1.28. The molecule has 1 N–H and O–H groups in total. The third-order valence-corrected chi connectivity index (χ3v) is 11.0. The van der Waals surface area contributed by atoms with Gasteiger partial charge in [-0.1, -0.05) is 76.0 Å². The van der Waals surface area contributed by atoms with Crippen molar-refractivity contribution in [3.8, 4) is 0 Å². The highest BCUT2D eigenvalue weighted by Crippen LogP contribution is 2.38. The summed E-state index contributed by atoms with van der Waals surface area (Å²) in [5, 5.41) is 20.3. The second-order valence-electron chi connectivity index (χ2n) is 15.7. The fraction of sp³-hybridized carbons (Fsp3) is 0.744. The number of amides is 1. The van der Waals surface area contributed by atoms with Gasteiger partial charge in [0.15, 0.2) is 6.10 Å². The number of aliphatic hydroxyl groups is 1. The molecule has 0 spiro atoms. The predicted molar refractivity (Wildman–Crippen MR) is 191 cm³/mol. The monoisotopic (exact) mass is 679 g/mol. The zero-order chi connectivity index (χ0) is 35.0. The molecule has 2 saturated carbocycles. The van der Waals surface area contributed by atoms with Crippen LogP contribution in [-0.4, -0.2) is 92.0 Å². The van der Waals surface area contributed by atoms with E-state index in [1.807, 2.05) is 43.7 Å². The van der Waals surface area contributed by atoms with Crippen molar-refractivity contribution in [1.82, 2.24) is 24.8 Å². The molecule has 1 saturated heterocycles. The van der Waals surface area contributed by atoms with Gasteiger partial charge >= 0.3 is 12.1 Å². The molecular formula is C39H61N5O5. The molecule has 3 fully saturated rings. The molecule has 6 atom stereocenters. The van der Waals surface area contributed by atoms with Gasteiger partial charge in [0.2, 0.25) is 0 Å². The minimum absolute atomic E-state index is 0.00833. The number of aromatic nitrogens is 3. The quantitative estimate of drug-likeness (QED) is 0.138. The number of ether oxygens (including phenoxy) is 2. The van der Waals surface area contributed by atoms with Gasteiger partial charge in [0.1, 0.15) is 11.7 Å². The molecule has 10 heteroatoms. The number of hydrogen-bond donors (Lipinski definition) is 1. The lowest BCUT2D eigenvalue weighted by atomic mass is 9.87. The van der Waals surface area contributed by atoms with Gasteiger partial charge in [-0.3, -0.25) is 14.4 Å². The maximum Gasteiger partial charge on any atom is 0.410 e. The van der Waals surface area contributed by atoms with Crippen molar-refractivity contribution >= 4 is 12.1 Å². The van der Waals surface area contributed by atoms with Gasteiger partial charge in [-0.15, -0.1) is 5.10 Å². The molecule has 0 bridgehead atoms. The van der Waals surface area contributed by atoms with E-state index in [-0.39, 0.29) is 36.2 Å². The number of carbonyl (C=O) groups is 2. The first kappa shape index (κ1) is 37.3. The van der Waals surface area contributed by atoms with E-state index in [0.717, 1.165) is 30.9 Å². The average Bonchev–Trinajstić information content (AvgIpc) is 3.87. The number of cyclic esters (lactones) is 1. The van der Waals surface area contributed by atoms with Crippen molar-refractivity contribution in [3.05, 3.63) is 47.8 Å². The molecule has 272 valence electrons. The summed E-state index contributed by atoms with van der Waals surface area (Å²) in [5.41, 5.74) is 0.727. The normalized spacial score (nSPS) is 31.8. The fourth-order valence-corrected chi connectivity index (χ4v) is 7.52. The van der Waals surface area contributed by atoms with Crippen LogP contribution in [0.1, 0.15) is 117 Å². The Morgan fingerprint density at radius 2 is 1.80 bits per heavy atom. The van der Waals surface area contributed by atoms with Gasteiger partial charge in [-0.25, -0.2) is 4.79 Å². The molecule has 1 amide bonds. The van der Waals surface area contributed by atoms with Crippen LogP contribution in [0.3, 0.4) is 0 Å². The SMILES string of the molecule is C/C(=C\C=C\[C@@H](C)Cn1cc(C2CC2)nn1)[C@H]1OC(=O)C[C@H](C)CC[C@@](C)(O)[C@@H](OC(=O)N2CCN(C3CCCCCC3)CC2)/C=C/[C@@H]1C. The van der Waals surface area contributed by atoms with E-state index in [4.69, 9.17) is 9.47 Å². The van der Waals surface area contributed by atoms with E-state index >= 15 is 0 Å². The van der Waals surface area contributed by atoms with Crippen molar-refractivity contribution in [2.45, 2.75) is 142 Å². The van der Waals surface area contributed by atoms with Crippen LogP contribution < -0.4 is 0 Å². The number of piperazine rings is 1. The molecule has 2 aliphatic carbocycles. The lowest BCUT2D eigenvalue weighted by molar-refractivity contribution is -0.150. The molecule has 4 aliphatic rings. The molecule has 3 heterocycles. The van der Waals surface area contributed by atoms with Crippen LogP contribution in [0.2, 0.25) is 0 Å². The van der Waals surface area contributed by atoms with Gasteiger partial charge in [-0.05, 0) is 75.9 Å². The summed E-state index contributed by atoms with van der Waals surface area (Å²) in [6.45, 7) is 13.6. The Morgan fingerprint density at radius 1 is 1.08 bits per heavy atom. The number of hydrogen-bond acceptors (Lipinski definition) is 8. The fourth-order valence-electron chi connectivity index (χ4n) is 7.52. The first-order valence-electron chi connectivity index (χ1n) is 19.0. The lowest BCUT2D eigenvalue weighted by Gasteiger charge is -2.40. The highest BCUT2D eigenvalue weighted by molar-refractivity contribution is 5.70. The van der Waals surface area contributed by atoms with Crippen molar-refractivity contribution in [3.63, 3.8) is 0 Å². The largest absolute Gasteiger partial charge is 0.457 e. The molecule has 1 aromatic rings. The van der Waals surface area contributed by atoms with Crippen molar-refractivity contribution in [2.75, 3.05) is 26.2 Å². The Bertz CT molecular complexity index is 1320. The highest BCUT2D eigenvalue weighted by atomic mass is 16.6. The number of rotatable bonds is 8. The van der Waals surface area contributed by atoms with E-state index in [1.54, 1.807) is 17.9 Å². The smallest absolute Gasteiger partial charge is 0.410 e. The number of allylic oxidation sites excluding steroid dienone is 3. The molecule has 1 aromatic heterocycles. The Morgan fingerprint density at radius 3 is 2.49 bits per heavy atom. The lowest BCUT2D eigenvalue weighted by Crippen LogP contribution is -2.53. The van der Waals surface area contributed by atoms with Crippen LogP contribution in [0.15, 0.2) is 42.2 Å². The van der Waals surface area contributed by atoms with Crippen LogP contribution in [0.5, 0.6) is 0 Å². The minimum Gasteiger partial charge on any atom is -0.457 e. The standard InChI is InChI=1S/C39H61N5O5/c1-28-19-20-39(5,47)35(48-38(46)43-23-21-42(22-24-43)33-13-8-6-7-9-14-33)18-15-31(4)37(49-36(45)25-28)30(3)12-10-11-29(2)26-44-27-34(40-41-44)32-16-17-32/h10-12,15,18,27-29,31-33,35,37,47H,6-9,13-14,16-17,19-26H2,1-5H3/b11-10+,18-15+,30-12+/t28-,29-,31+,35+,37-,39-/m1/s1. The van der Waals surface area contributed by atoms with Gasteiger partial charge in [-0.2, -0.15) is 0 Å². The molecule has 5 rings (SSSR count). The summed E-state index contributed by atoms with van der Waals surface area (Å²) in [6.07, 6.45) is 21.7. The van der Waals surface area contributed by atoms with E-state index in [9.17, 15) is 14.7 Å².